The van der Waals surface area contributed by atoms with Gasteiger partial charge in [0.2, 0.25) is 0 Å². The Morgan fingerprint density at radius 2 is 2.38 bits per heavy atom. The van der Waals surface area contributed by atoms with Gasteiger partial charge in [0.15, 0.2) is 0 Å². The Bertz CT molecular complexity index is 382. The summed E-state index contributed by atoms with van der Waals surface area (Å²) in [5, 5.41) is 3.39. The van der Waals surface area contributed by atoms with Gasteiger partial charge in [-0.3, -0.25) is 4.99 Å². The first kappa shape index (κ1) is 11.1. The molecule has 0 bridgehead atoms. The molecule has 3 nitrogen and oxygen atoms in total. The van der Waals surface area contributed by atoms with E-state index in [-0.39, 0.29) is 0 Å². The number of hydrogen-bond acceptors (Lipinski definition) is 3. The van der Waals surface area contributed by atoms with Crippen molar-refractivity contribution in [1.29, 1.82) is 0 Å². The van der Waals surface area contributed by atoms with Crippen molar-refractivity contribution in [2.75, 3.05) is 13.7 Å². The van der Waals surface area contributed by atoms with Crippen molar-refractivity contribution < 1.29 is 4.74 Å². The summed E-state index contributed by atoms with van der Waals surface area (Å²) in [6.45, 7) is 3.15. The Morgan fingerprint density at radius 3 is 3.06 bits per heavy atom. The molecule has 1 aromatic carbocycles. The van der Waals surface area contributed by atoms with Crippen molar-refractivity contribution in [2.24, 2.45) is 4.99 Å². The predicted molar refractivity (Wildman–Crippen MR) is 66.9 cm³/mol. The van der Waals surface area contributed by atoms with E-state index < -0.39 is 0 Å². The number of methoxy groups -OCH3 is 1. The van der Waals surface area contributed by atoms with Crippen LogP contribution in [-0.2, 0) is 0 Å². The highest BCUT2D eigenvalue weighted by Gasteiger charge is 2.11. The van der Waals surface area contributed by atoms with Crippen LogP contribution in [0.3, 0.4) is 0 Å². The van der Waals surface area contributed by atoms with Gasteiger partial charge in [-0.15, -0.1) is 0 Å². The van der Waals surface area contributed by atoms with Gasteiger partial charge in [-0.1, -0.05) is 6.07 Å². The fraction of sp³-hybridized carbons (Fsp3) is 0.462. The second kappa shape index (κ2) is 5.12. The van der Waals surface area contributed by atoms with Crippen molar-refractivity contribution >= 4 is 11.9 Å². The summed E-state index contributed by atoms with van der Waals surface area (Å²) in [4.78, 5) is 4.49. The summed E-state index contributed by atoms with van der Waals surface area (Å²) in [7, 11) is 1.68. The summed E-state index contributed by atoms with van der Waals surface area (Å²) in [6.07, 6.45) is 4.40. The van der Waals surface area contributed by atoms with E-state index in [0.717, 1.165) is 18.0 Å². The summed E-state index contributed by atoms with van der Waals surface area (Å²) in [6, 6.07) is 6.48. The topological polar surface area (TPSA) is 33.6 Å². The van der Waals surface area contributed by atoms with Crippen molar-refractivity contribution in [3.8, 4) is 5.75 Å². The first-order valence-corrected chi connectivity index (χ1v) is 5.72. The number of rotatable bonds is 3. The van der Waals surface area contributed by atoms with E-state index in [4.69, 9.17) is 4.74 Å². The molecule has 1 aliphatic heterocycles. The lowest BCUT2D eigenvalue weighted by atomic mass is 10.2. The van der Waals surface area contributed by atoms with Gasteiger partial charge in [0, 0.05) is 12.3 Å². The van der Waals surface area contributed by atoms with Crippen LogP contribution in [0.5, 0.6) is 5.75 Å². The van der Waals surface area contributed by atoms with Crippen LogP contribution in [0.1, 0.15) is 18.4 Å². The average molecular weight is 218 g/mol. The molecule has 86 valence electrons. The molecule has 1 fully saturated rings. The van der Waals surface area contributed by atoms with E-state index >= 15 is 0 Å². The van der Waals surface area contributed by atoms with Gasteiger partial charge in [0.1, 0.15) is 11.4 Å². The molecular weight excluding hydrogens is 200 g/mol. The molecule has 2 rings (SSSR count). The van der Waals surface area contributed by atoms with Crippen molar-refractivity contribution in [1.82, 2.24) is 5.32 Å². The third-order valence-electron chi connectivity index (χ3n) is 2.83. The van der Waals surface area contributed by atoms with Gasteiger partial charge in [0.25, 0.3) is 0 Å². The van der Waals surface area contributed by atoms with Crippen molar-refractivity contribution in [3.63, 3.8) is 0 Å². The van der Waals surface area contributed by atoms with Crippen LogP contribution >= 0.6 is 0 Å². The minimum absolute atomic E-state index is 0.422. The highest BCUT2D eigenvalue weighted by atomic mass is 16.5. The minimum Gasteiger partial charge on any atom is -0.494 e. The maximum Gasteiger partial charge on any atom is 0.144 e. The fourth-order valence-electron chi connectivity index (χ4n) is 1.90. The molecule has 0 amide bonds. The van der Waals surface area contributed by atoms with E-state index in [0.29, 0.717) is 6.04 Å². The van der Waals surface area contributed by atoms with Gasteiger partial charge in [-0.25, -0.2) is 0 Å². The third kappa shape index (κ3) is 2.61. The third-order valence-corrected chi connectivity index (χ3v) is 2.83. The Labute approximate surface area is 96.5 Å². The Balaban J connectivity index is 2.13. The molecule has 1 aliphatic rings. The standard InChI is InChI=1S/C13H18N2O/c1-10-5-6-12(13(8-10)16-2)15-9-11-4-3-7-14-11/h5-6,8-9,11,14H,3-4,7H2,1-2H3. The van der Waals surface area contributed by atoms with Crippen molar-refractivity contribution in [2.45, 2.75) is 25.8 Å². The molecule has 1 unspecified atom stereocenters. The summed E-state index contributed by atoms with van der Waals surface area (Å²) >= 11 is 0. The first-order chi connectivity index (χ1) is 7.79. The number of aliphatic imine (C=N–C) groups is 1. The molecule has 1 N–H and O–H groups in total. The Morgan fingerprint density at radius 1 is 1.50 bits per heavy atom. The van der Waals surface area contributed by atoms with E-state index in [1.165, 1.54) is 18.4 Å². The van der Waals surface area contributed by atoms with E-state index in [1.807, 2.05) is 18.3 Å². The normalized spacial score (nSPS) is 20.5. The van der Waals surface area contributed by atoms with Crippen LogP contribution in [0.25, 0.3) is 0 Å². The number of ether oxygens (including phenoxy) is 1. The van der Waals surface area contributed by atoms with Crippen LogP contribution < -0.4 is 10.1 Å². The van der Waals surface area contributed by atoms with E-state index in [9.17, 15) is 0 Å². The largest absolute Gasteiger partial charge is 0.494 e. The average Bonchev–Trinajstić information content (AvgIpc) is 2.80. The van der Waals surface area contributed by atoms with Gasteiger partial charge >= 0.3 is 0 Å². The van der Waals surface area contributed by atoms with Gasteiger partial charge in [-0.2, -0.15) is 0 Å². The first-order valence-electron chi connectivity index (χ1n) is 5.72. The van der Waals surface area contributed by atoms with Gasteiger partial charge in [0.05, 0.1) is 7.11 Å². The molecule has 0 aromatic heterocycles. The molecule has 0 spiro atoms. The molecule has 1 atom stereocenters. The number of nitrogens with zero attached hydrogens (tertiary/aromatic N) is 1. The van der Waals surface area contributed by atoms with Gasteiger partial charge < -0.3 is 10.1 Å². The lowest BCUT2D eigenvalue weighted by Gasteiger charge is -2.06. The van der Waals surface area contributed by atoms with E-state index in [2.05, 4.69) is 23.3 Å². The molecular formula is C13H18N2O. The van der Waals surface area contributed by atoms with Crippen LogP contribution in [0.4, 0.5) is 5.69 Å². The fourth-order valence-corrected chi connectivity index (χ4v) is 1.90. The zero-order valence-corrected chi connectivity index (χ0v) is 9.86. The van der Waals surface area contributed by atoms with E-state index in [1.54, 1.807) is 7.11 Å². The van der Waals surface area contributed by atoms with Crippen molar-refractivity contribution in [3.05, 3.63) is 23.8 Å². The molecule has 0 radical (unpaired) electrons. The lowest BCUT2D eigenvalue weighted by molar-refractivity contribution is 0.416. The highest BCUT2D eigenvalue weighted by Crippen LogP contribution is 2.27. The summed E-state index contributed by atoms with van der Waals surface area (Å²) < 4.78 is 5.31. The SMILES string of the molecule is COc1cc(C)ccc1N=CC1CCCN1. The maximum absolute atomic E-state index is 5.31. The lowest BCUT2D eigenvalue weighted by Crippen LogP contribution is -2.22. The zero-order chi connectivity index (χ0) is 11.4. The summed E-state index contributed by atoms with van der Waals surface area (Å²) in [5.74, 6) is 0.842. The quantitative estimate of drug-likeness (QED) is 0.791. The molecule has 3 heteroatoms. The molecule has 1 heterocycles. The second-order valence-corrected chi connectivity index (χ2v) is 4.16. The van der Waals surface area contributed by atoms with Crippen LogP contribution in [-0.4, -0.2) is 25.9 Å². The highest BCUT2D eigenvalue weighted by molar-refractivity contribution is 5.71. The number of aryl methyl sites for hydroxylation is 1. The molecule has 16 heavy (non-hydrogen) atoms. The zero-order valence-electron chi connectivity index (χ0n) is 9.86. The van der Waals surface area contributed by atoms with Gasteiger partial charge in [-0.05, 0) is 44.0 Å². The maximum atomic E-state index is 5.31. The Hall–Kier alpha value is -1.35. The second-order valence-electron chi connectivity index (χ2n) is 4.16. The number of nitrogens with one attached hydrogen (secondary N) is 1. The molecule has 1 aromatic rings. The van der Waals surface area contributed by atoms with Crippen LogP contribution in [0.2, 0.25) is 0 Å². The smallest absolute Gasteiger partial charge is 0.144 e. The summed E-state index contributed by atoms with van der Waals surface area (Å²) in [5.41, 5.74) is 2.09. The molecule has 0 aliphatic carbocycles. The molecule has 0 saturated carbocycles. The van der Waals surface area contributed by atoms with Crippen LogP contribution in [0, 0.1) is 6.92 Å². The van der Waals surface area contributed by atoms with Crippen LogP contribution in [0.15, 0.2) is 23.2 Å². The number of benzene rings is 1. The predicted octanol–water partition coefficient (Wildman–Crippen LogP) is 2.46. The number of hydrogen-bond donors (Lipinski definition) is 1. The minimum atomic E-state index is 0.422. The monoisotopic (exact) mass is 218 g/mol. The Kier molecular flexibility index (Phi) is 3.57. The molecule has 1 saturated heterocycles.